The molecule has 0 spiro atoms. The lowest BCUT2D eigenvalue weighted by molar-refractivity contribution is -0.159. The monoisotopic (exact) mass is 317 g/mol. The number of ether oxygens (including phenoxy) is 2. The van der Waals surface area contributed by atoms with Crippen molar-refractivity contribution in [3.63, 3.8) is 0 Å². The number of amides is 1. The highest BCUT2D eigenvalue weighted by Crippen LogP contribution is 2.32. The SMILES string of the molecule is COC(=O)Nc1ccc(-c2noc(C(F)(F)F)n2)cc1OC. The van der Waals surface area contributed by atoms with Gasteiger partial charge in [-0.15, -0.1) is 0 Å². The molecule has 1 aromatic heterocycles. The minimum absolute atomic E-state index is 0.196. The number of nitrogens with zero attached hydrogens (tertiary/aromatic N) is 2. The van der Waals surface area contributed by atoms with Crippen LogP contribution < -0.4 is 10.1 Å². The first-order chi connectivity index (χ1) is 10.3. The zero-order valence-corrected chi connectivity index (χ0v) is 11.4. The summed E-state index contributed by atoms with van der Waals surface area (Å²) in [5.74, 6) is -1.50. The zero-order valence-electron chi connectivity index (χ0n) is 11.4. The van der Waals surface area contributed by atoms with Crippen LogP contribution in [0.2, 0.25) is 0 Å². The number of rotatable bonds is 3. The average Bonchev–Trinajstić information content (AvgIpc) is 2.97. The second-order valence-electron chi connectivity index (χ2n) is 3.95. The van der Waals surface area contributed by atoms with E-state index in [1.165, 1.54) is 32.4 Å². The molecule has 10 heteroatoms. The Labute approximate surface area is 122 Å². The quantitative estimate of drug-likeness (QED) is 0.936. The molecular weight excluding hydrogens is 307 g/mol. The summed E-state index contributed by atoms with van der Waals surface area (Å²) in [5.41, 5.74) is 0.504. The van der Waals surface area contributed by atoms with Gasteiger partial charge in [-0.1, -0.05) is 5.16 Å². The van der Waals surface area contributed by atoms with Crippen LogP contribution in [0.15, 0.2) is 22.7 Å². The summed E-state index contributed by atoms with van der Waals surface area (Å²) in [7, 11) is 2.52. The normalized spacial score (nSPS) is 11.1. The number of hydrogen-bond donors (Lipinski definition) is 1. The average molecular weight is 317 g/mol. The van der Waals surface area contributed by atoms with Gasteiger partial charge in [-0.3, -0.25) is 5.32 Å². The van der Waals surface area contributed by atoms with Crippen LogP contribution in [0.1, 0.15) is 5.89 Å². The van der Waals surface area contributed by atoms with Gasteiger partial charge in [-0.2, -0.15) is 18.2 Å². The standard InChI is InChI=1S/C12H10F3N3O4/c1-20-8-5-6(3-4-7(8)16-11(19)21-2)9-17-10(22-18-9)12(13,14)15/h3-5H,1-2H3,(H,16,19). The van der Waals surface area contributed by atoms with Gasteiger partial charge >= 0.3 is 18.2 Å². The van der Waals surface area contributed by atoms with Crippen molar-refractivity contribution in [2.24, 2.45) is 0 Å². The summed E-state index contributed by atoms with van der Waals surface area (Å²) in [5, 5.41) is 5.65. The second-order valence-corrected chi connectivity index (χ2v) is 3.95. The molecule has 1 heterocycles. The summed E-state index contributed by atoms with van der Waals surface area (Å²) < 4.78 is 50.9. The Bertz CT molecular complexity index is 684. The number of hydrogen-bond acceptors (Lipinski definition) is 6. The maximum Gasteiger partial charge on any atom is 0.471 e. The second kappa shape index (κ2) is 5.92. The van der Waals surface area contributed by atoms with E-state index >= 15 is 0 Å². The van der Waals surface area contributed by atoms with Gasteiger partial charge in [0.15, 0.2) is 0 Å². The molecular formula is C12H10F3N3O4. The van der Waals surface area contributed by atoms with Crippen molar-refractivity contribution in [2.45, 2.75) is 6.18 Å². The number of methoxy groups -OCH3 is 2. The van der Waals surface area contributed by atoms with Crippen molar-refractivity contribution in [3.8, 4) is 17.1 Å². The van der Waals surface area contributed by atoms with Crippen molar-refractivity contribution in [3.05, 3.63) is 24.1 Å². The highest BCUT2D eigenvalue weighted by atomic mass is 19.4. The molecule has 0 unspecified atom stereocenters. The Kier molecular flexibility index (Phi) is 4.20. The van der Waals surface area contributed by atoms with Gasteiger partial charge in [0, 0.05) is 5.56 Å². The molecule has 118 valence electrons. The lowest BCUT2D eigenvalue weighted by atomic mass is 10.2. The van der Waals surface area contributed by atoms with Gasteiger partial charge in [0.1, 0.15) is 5.75 Å². The summed E-state index contributed by atoms with van der Waals surface area (Å²) in [6.45, 7) is 0. The molecule has 1 aromatic carbocycles. The molecule has 22 heavy (non-hydrogen) atoms. The molecule has 0 aliphatic heterocycles. The van der Waals surface area contributed by atoms with E-state index < -0.39 is 18.2 Å². The Balaban J connectivity index is 2.33. The molecule has 0 fully saturated rings. The highest BCUT2D eigenvalue weighted by molar-refractivity contribution is 5.87. The first kappa shape index (κ1) is 15.6. The predicted molar refractivity (Wildman–Crippen MR) is 67.3 cm³/mol. The molecule has 1 N–H and O–H groups in total. The van der Waals surface area contributed by atoms with Crippen LogP contribution in [0.3, 0.4) is 0 Å². The van der Waals surface area contributed by atoms with Crippen LogP contribution in [-0.2, 0) is 10.9 Å². The number of carbonyl (C=O) groups excluding carboxylic acids is 1. The fourth-order valence-corrected chi connectivity index (χ4v) is 1.55. The van der Waals surface area contributed by atoms with E-state index in [9.17, 15) is 18.0 Å². The van der Waals surface area contributed by atoms with Gasteiger partial charge < -0.3 is 14.0 Å². The molecule has 2 rings (SSSR count). The van der Waals surface area contributed by atoms with Gasteiger partial charge in [-0.05, 0) is 18.2 Å². The smallest absolute Gasteiger partial charge is 0.471 e. The van der Waals surface area contributed by atoms with E-state index in [-0.39, 0.29) is 22.8 Å². The van der Waals surface area contributed by atoms with Crippen molar-refractivity contribution in [1.82, 2.24) is 10.1 Å². The van der Waals surface area contributed by atoms with Gasteiger partial charge in [0.2, 0.25) is 5.82 Å². The van der Waals surface area contributed by atoms with E-state index in [1.54, 1.807) is 0 Å². The summed E-state index contributed by atoms with van der Waals surface area (Å²) in [6, 6.07) is 4.17. The predicted octanol–water partition coefficient (Wildman–Crippen LogP) is 2.94. The van der Waals surface area contributed by atoms with E-state index in [0.717, 1.165) is 0 Å². The largest absolute Gasteiger partial charge is 0.495 e. The molecule has 7 nitrogen and oxygen atoms in total. The Morgan fingerprint density at radius 2 is 2.05 bits per heavy atom. The van der Waals surface area contributed by atoms with Crippen LogP contribution >= 0.6 is 0 Å². The first-order valence-electron chi connectivity index (χ1n) is 5.79. The molecule has 0 aliphatic rings. The minimum Gasteiger partial charge on any atom is -0.495 e. The number of alkyl halides is 3. The fraction of sp³-hybridized carbons (Fsp3) is 0.250. The van der Waals surface area contributed by atoms with E-state index in [2.05, 4.69) is 24.7 Å². The first-order valence-corrected chi connectivity index (χ1v) is 5.79. The molecule has 0 aliphatic carbocycles. The molecule has 2 aromatic rings. The van der Waals surface area contributed by atoms with Gasteiger partial charge in [-0.25, -0.2) is 4.79 Å². The van der Waals surface area contributed by atoms with Crippen LogP contribution in [0, 0.1) is 0 Å². The molecule has 0 saturated carbocycles. The third kappa shape index (κ3) is 3.27. The van der Waals surface area contributed by atoms with Crippen LogP contribution in [-0.4, -0.2) is 30.5 Å². The summed E-state index contributed by atoms with van der Waals surface area (Å²) in [4.78, 5) is 14.4. The van der Waals surface area contributed by atoms with Gasteiger partial charge in [0.05, 0.1) is 19.9 Å². The molecule has 0 atom stereocenters. The lowest BCUT2D eigenvalue weighted by Gasteiger charge is -2.10. The maximum atomic E-state index is 12.4. The number of halogens is 3. The number of carbonyl (C=O) groups is 1. The van der Waals surface area contributed by atoms with Crippen molar-refractivity contribution < 1.29 is 32.0 Å². The lowest BCUT2D eigenvalue weighted by Crippen LogP contribution is -2.11. The number of nitrogens with one attached hydrogen (secondary N) is 1. The van der Waals surface area contributed by atoms with Crippen molar-refractivity contribution in [1.29, 1.82) is 0 Å². The Morgan fingerprint density at radius 3 is 2.59 bits per heavy atom. The highest BCUT2D eigenvalue weighted by Gasteiger charge is 2.38. The Hall–Kier alpha value is -2.78. The van der Waals surface area contributed by atoms with Crippen LogP contribution in [0.4, 0.5) is 23.7 Å². The summed E-state index contributed by atoms with van der Waals surface area (Å²) in [6.07, 6.45) is -5.44. The third-order valence-corrected chi connectivity index (χ3v) is 2.55. The van der Waals surface area contributed by atoms with Crippen molar-refractivity contribution in [2.75, 3.05) is 19.5 Å². The van der Waals surface area contributed by atoms with Crippen LogP contribution in [0.25, 0.3) is 11.4 Å². The minimum atomic E-state index is -4.72. The van der Waals surface area contributed by atoms with Crippen molar-refractivity contribution >= 4 is 11.8 Å². The Morgan fingerprint density at radius 1 is 1.32 bits per heavy atom. The molecule has 0 saturated heterocycles. The van der Waals surface area contributed by atoms with E-state index in [1.807, 2.05) is 0 Å². The number of anilines is 1. The van der Waals surface area contributed by atoms with E-state index in [0.29, 0.717) is 0 Å². The van der Waals surface area contributed by atoms with E-state index in [4.69, 9.17) is 4.74 Å². The summed E-state index contributed by atoms with van der Waals surface area (Å²) >= 11 is 0. The van der Waals surface area contributed by atoms with Crippen LogP contribution in [0.5, 0.6) is 5.75 Å². The molecule has 0 radical (unpaired) electrons. The topological polar surface area (TPSA) is 86.5 Å². The number of aromatic nitrogens is 2. The van der Waals surface area contributed by atoms with Gasteiger partial charge in [0.25, 0.3) is 0 Å². The fourth-order valence-electron chi connectivity index (χ4n) is 1.55. The molecule has 1 amide bonds. The maximum absolute atomic E-state index is 12.4. The molecule has 0 bridgehead atoms. The third-order valence-electron chi connectivity index (χ3n) is 2.55. The zero-order chi connectivity index (χ0) is 16.3. The number of benzene rings is 1.